The van der Waals surface area contributed by atoms with Gasteiger partial charge in [-0.15, -0.1) is 0 Å². The van der Waals surface area contributed by atoms with Crippen LogP contribution in [0.2, 0.25) is 0 Å². The monoisotopic (exact) mass is 190 g/mol. The van der Waals surface area contributed by atoms with Gasteiger partial charge in [0.15, 0.2) is 0 Å². The van der Waals surface area contributed by atoms with Gasteiger partial charge in [0.1, 0.15) is 0 Å². The first kappa shape index (κ1) is 9.72. The third kappa shape index (κ3) is 1.69. The summed E-state index contributed by atoms with van der Waals surface area (Å²) < 4.78 is 0. The van der Waals surface area contributed by atoms with Gasteiger partial charge < -0.3 is 5.11 Å². The first-order valence-electron chi connectivity index (χ1n) is 5.43. The first-order valence-corrected chi connectivity index (χ1v) is 5.43. The molecule has 0 saturated heterocycles. The topological polar surface area (TPSA) is 20.2 Å². The lowest BCUT2D eigenvalue weighted by molar-refractivity contribution is 0.0688. The lowest BCUT2D eigenvalue weighted by Crippen LogP contribution is -2.26. The lowest BCUT2D eigenvalue weighted by Gasteiger charge is -2.21. The Morgan fingerprint density at radius 2 is 1.64 bits per heavy atom. The molecule has 1 atom stereocenters. The Bertz CT molecular complexity index is 292. The van der Waals surface area contributed by atoms with Crippen molar-refractivity contribution in [3.63, 3.8) is 0 Å². The number of hydrogen-bond donors (Lipinski definition) is 1. The minimum absolute atomic E-state index is 0.151. The Hall–Kier alpha value is -0.820. The molecule has 1 N–H and O–H groups in total. The highest BCUT2D eigenvalue weighted by Gasteiger charge is 2.28. The molecule has 14 heavy (non-hydrogen) atoms. The maximum absolute atomic E-state index is 10.00. The highest BCUT2D eigenvalue weighted by Crippen LogP contribution is 2.30. The third-order valence-corrected chi connectivity index (χ3v) is 3.25. The first-order chi connectivity index (χ1) is 6.68. The molecule has 0 heterocycles. The molecule has 0 fully saturated rings. The van der Waals surface area contributed by atoms with Gasteiger partial charge >= 0.3 is 0 Å². The van der Waals surface area contributed by atoms with Gasteiger partial charge in [0.25, 0.3) is 0 Å². The van der Waals surface area contributed by atoms with Crippen LogP contribution in [0.25, 0.3) is 0 Å². The van der Waals surface area contributed by atoms with Crippen LogP contribution >= 0.6 is 0 Å². The van der Waals surface area contributed by atoms with Crippen LogP contribution < -0.4 is 0 Å². The van der Waals surface area contributed by atoms with Crippen LogP contribution in [0.5, 0.6) is 0 Å². The smallest absolute Gasteiger partial charge is 0.0597 e. The average molecular weight is 190 g/mol. The minimum Gasteiger partial charge on any atom is -0.393 e. The third-order valence-electron chi connectivity index (χ3n) is 3.25. The second-order valence-electron chi connectivity index (χ2n) is 4.67. The lowest BCUT2D eigenvalue weighted by atomic mass is 9.91. The van der Waals surface area contributed by atoms with Gasteiger partial charge in [0, 0.05) is 0 Å². The summed E-state index contributed by atoms with van der Waals surface area (Å²) in [5, 5.41) is 10.00. The van der Waals surface area contributed by atoms with Crippen LogP contribution in [0.4, 0.5) is 0 Å². The van der Waals surface area contributed by atoms with E-state index in [1.54, 1.807) is 0 Å². The number of benzene rings is 1. The number of hydrogen-bond acceptors (Lipinski definition) is 1. The normalized spacial score (nSPS) is 18.6. The Morgan fingerprint density at radius 3 is 2.07 bits per heavy atom. The molecule has 0 radical (unpaired) electrons. The fourth-order valence-corrected chi connectivity index (χ4v) is 2.38. The van der Waals surface area contributed by atoms with Crippen molar-refractivity contribution in [1.29, 1.82) is 0 Å². The van der Waals surface area contributed by atoms with E-state index < -0.39 is 0 Å². The summed E-state index contributed by atoms with van der Waals surface area (Å²) in [4.78, 5) is 0. The fourth-order valence-electron chi connectivity index (χ4n) is 2.38. The molecular weight excluding hydrogens is 172 g/mol. The van der Waals surface area contributed by atoms with E-state index in [0.717, 1.165) is 12.8 Å². The van der Waals surface area contributed by atoms with Gasteiger partial charge in [-0.2, -0.15) is 0 Å². The van der Waals surface area contributed by atoms with Crippen molar-refractivity contribution in [2.45, 2.75) is 32.8 Å². The summed E-state index contributed by atoms with van der Waals surface area (Å²) >= 11 is 0. The van der Waals surface area contributed by atoms with Crippen molar-refractivity contribution in [3.05, 3.63) is 35.4 Å². The largest absolute Gasteiger partial charge is 0.393 e. The standard InChI is InChI=1S/C13H18O/c1-9(2)13(14)12-7-10-5-3-4-6-11(10)8-12/h3-6,9,12-14H,7-8H2,1-2H3. The maximum Gasteiger partial charge on any atom is 0.0597 e. The summed E-state index contributed by atoms with van der Waals surface area (Å²) in [5.74, 6) is 0.807. The molecule has 1 aliphatic rings. The Kier molecular flexibility index (Phi) is 2.60. The van der Waals surface area contributed by atoms with Crippen LogP contribution in [-0.2, 0) is 12.8 Å². The molecule has 0 saturated carbocycles. The molecular formula is C13H18O. The van der Waals surface area contributed by atoms with E-state index >= 15 is 0 Å². The maximum atomic E-state index is 10.00. The summed E-state index contributed by atoms with van der Waals surface area (Å²) in [6, 6.07) is 8.54. The highest BCUT2D eigenvalue weighted by molar-refractivity contribution is 5.32. The average Bonchev–Trinajstić information content (AvgIpc) is 2.59. The Balaban J connectivity index is 2.12. The van der Waals surface area contributed by atoms with Crippen molar-refractivity contribution in [2.75, 3.05) is 0 Å². The number of rotatable bonds is 2. The SMILES string of the molecule is CC(C)C(O)C1Cc2ccccc2C1. The predicted molar refractivity (Wildman–Crippen MR) is 58.2 cm³/mol. The fraction of sp³-hybridized carbons (Fsp3) is 0.538. The highest BCUT2D eigenvalue weighted by atomic mass is 16.3. The molecule has 0 spiro atoms. The zero-order valence-corrected chi connectivity index (χ0v) is 8.90. The van der Waals surface area contributed by atoms with Gasteiger partial charge in [-0.05, 0) is 35.8 Å². The van der Waals surface area contributed by atoms with E-state index in [9.17, 15) is 5.11 Å². The second-order valence-corrected chi connectivity index (χ2v) is 4.67. The molecule has 0 amide bonds. The van der Waals surface area contributed by atoms with Gasteiger partial charge in [-0.3, -0.25) is 0 Å². The van der Waals surface area contributed by atoms with Crippen molar-refractivity contribution >= 4 is 0 Å². The van der Waals surface area contributed by atoms with Crippen LogP contribution in [0.1, 0.15) is 25.0 Å². The van der Waals surface area contributed by atoms with Crippen molar-refractivity contribution in [3.8, 4) is 0 Å². The molecule has 0 aromatic heterocycles. The summed E-state index contributed by atoms with van der Waals surface area (Å²) in [6.07, 6.45) is 1.95. The van der Waals surface area contributed by atoms with E-state index in [1.165, 1.54) is 11.1 Å². The minimum atomic E-state index is -0.151. The molecule has 1 nitrogen and oxygen atoms in total. The molecule has 1 heteroatoms. The molecule has 0 aliphatic heterocycles. The van der Waals surface area contributed by atoms with Crippen LogP contribution in [-0.4, -0.2) is 11.2 Å². The molecule has 1 aromatic carbocycles. The molecule has 2 rings (SSSR count). The number of fused-ring (bicyclic) bond motifs is 1. The van der Waals surface area contributed by atoms with Gasteiger partial charge in [-0.25, -0.2) is 0 Å². The molecule has 1 unspecified atom stereocenters. The Labute approximate surface area is 85.8 Å². The van der Waals surface area contributed by atoms with Crippen LogP contribution in [0.15, 0.2) is 24.3 Å². The van der Waals surface area contributed by atoms with Crippen LogP contribution in [0, 0.1) is 11.8 Å². The summed E-state index contributed by atoms with van der Waals surface area (Å²) in [7, 11) is 0. The van der Waals surface area contributed by atoms with E-state index in [0.29, 0.717) is 11.8 Å². The van der Waals surface area contributed by atoms with Gasteiger partial charge in [0.05, 0.1) is 6.10 Å². The predicted octanol–water partition coefficient (Wildman–Crippen LogP) is 2.42. The zero-order chi connectivity index (χ0) is 10.1. The Morgan fingerprint density at radius 1 is 1.14 bits per heavy atom. The van der Waals surface area contributed by atoms with E-state index in [-0.39, 0.29) is 6.10 Å². The number of aliphatic hydroxyl groups excluding tert-OH is 1. The zero-order valence-electron chi connectivity index (χ0n) is 8.90. The number of aliphatic hydroxyl groups is 1. The van der Waals surface area contributed by atoms with E-state index in [4.69, 9.17) is 0 Å². The van der Waals surface area contributed by atoms with Crippen molar-refractivity contribution in [1.82, 2.24) is 0 Å². The van der Waals surface area contributed by atoms with Crippen LogP contribution in [0.3, 0.4) is 0 Å². The van der Waals surface area contributed by atoms with E-state index in [1.807, 2.05) is 0 Å². The van der Waals surface area contributed by atoms with Crippen molar-refractivity contribution < 1.29 is 5.11 Å². The summed E-state index contributed by atoms with van der Waals surface area (Å²) in [6.45, 7) is 4.18. The van der Waals surface area contributed by atoms with E-state index in [2.05, 4.69) is 38.1 Å². The molecule has 0 bridgehead atoms. The van der Waals surface area contributed by atoms with Gasteiger partial charge in [-0.1, -0.05) is 38.1 Å². The molecule has 1 aliphatic carbocycles. The molecule has 76 valence electrons. The second kappa shape index (κ2) is 3.74. The molecule has 1 aromatic rings. The van der Waals surface area contributed by atoms with Crippen molar-refractivity contribution in [2.24, 2.45) is 11.8 Å². The summed E-state index contributed by atoms with van der Waals surface area (Å²) in [5.41, 5.74) is 2.86. The quantitative estimate of drug-likeness (QED) is 0.759. The van der Waals surface area contributed by atoms with Gasteiger partial charge in [0.2, 0.25) is 0 Å².